The lowest BCUT2D eigenvalue weighted by Crippen LogP contribution is -2.37. The summed E-state index contributed by atoms with van der Waals surface area (Å²) in [7, 11) is 0. The van der Waals surface area contributed by atoms with Crippen molar-refractivity contribution < 1.29 is 9.18 Å². The van der Waals surface area contributed by atoms with Crippen LogP contribution in [0.1, 0.15) is 39.5 Å². The minimum atomic E-state index is -0.444. The van der Waals surface area contributed by atoms with Gasteiger partial charge >= 0.3 is 0 Å². The van der Waals surface area contributed by atoms with E-state index in [-0.39, 0.29) is 24.1 Å². The highest BCUT2D eigenvalue weighted by molar-refractivity contribution is 5.79. The maximum Gasteiger partial charge on any atom is 0.261 e. The van der Waals surface area contributed by atoms with Crippen LogP contribution in [0.15, 0.2) is 29.3 Å². The van der Waals surface area contributed by atoms with Gasteiger partial charge in [-0.2, -0.15) is 0 Å². The van der Waals surface area contributed by atoms with Crippen molar-refractivity contribution in [2.45, 2.75) is 52.1 Å². The fourth-order valence-electron chi connectivity index (χ4n) is 2.49. The molecule has 0 bridgehead atoms. The third-order valence-corrected chi connectivity index (χ3v) is 3.75. The van der Waals surface area contributed by atoms with Gasteiger partial charge in [-0.25, -0.2) is 9.37 Å². The topological polar surface area (TPSA) is 64.0 Å². The maximum atomic E-state index is 13.1. The zero-order chi connectivity index (χ0) is 16.8. The monoisotopic (exact) mass is 319 g/mol. The summed E-state index contributed by atoms with van der Waals surface area (Å²) in [4.78, 5) is 28.4. The summed E-state index contributed by atoms with van der Waals surface area (Å²) in [6.07, 6.45) is 5.56. The smallest absolute Gasteiger partial charge is 0.261 e. The molecule has 0 radical (unpaired) electrons. The van der Waals surface area contributed by atoms with Crippen LogP contribution in [0.4, 0.5) is 4.39 Å². The second-order valence-corrected chi connectivity index (χ2v) is 5.80. The number of rotatable bonds is 7. The molecule has 2 rings (SSSR count). The highest BCUT2D eigenvalue weighted by Gasteiger charge is 2.11. The van der Waals surface area contributed by atoms with Gasteiger partial charge in [0.05, 0.1) is 17.2 Å². The lowest BCUT2D eigenvalue weighted by atomic mass is 10.1. The predicted octanol–water partition coefficient (Wildman–Crippen LogP) is 2.62. The van der Waals surface area contributed by atoms with Crippen LogP contribution >= 0.6 is 0 Å². The largest absolute Gasteiger partial charge is 0.352 e. The second-order valence-electron chi connectivity index (χ2n) is 5.80. The standard InChI is InChI=1S/C17H22FN3O2/c1-3-4-5-6-12(2)20-16(22)10-21-11-19-15-9-13(18)7-8-14(15)17(21)23/h7-9,11-12H,3-6,10H2,1-2H3,(H,20,22). The van der Waals surface area contributed by atoms with Gasteiger partial charge < -0.3 is 5.32 Å². The summed E-state index contributed by atoms with van der Waals surface area (Å²) in [5, 5.41) is 3.19. The third-order valence-electron chi connectivity index (χ3n) is 3.75. The first kappa shape index (κ1) is 17.1. The van der Waals surface area contributed by atoms with Crippen molar-refractivity contribution in [3.8, 4) is 0 Å². The number of halogens is 1. The zero-order valence-corrected chi connectivity index (χ0v) is 13.5. The molecule has 1 atom stereocenters. The molecule has 0 aliphatic carbocycles. The molecule has 1 amide bonds. The molecule has 1 unspecified atom stereocenters. The number of fused-ring (bicyclic) bond motifs is 1. The fourth-order valence-corrected chi connectivity index (χ4v) is 2.49. The van der Waals surface area contributed by atoms with Gasteiger partial charge in [0.25, 0.3) is 5.56 Å². The quantitative estimate of drug-likeness (QED) is 0.798. The van der Waals surface area contributed by atoms with Crippen LogP contribution in [0.25, 0.3) is 10.9 Å². The first-order chi connectivity index (χ1) is 11.0. The van der Waals surface area contributed by atoms with Gasteiger partial charge in [0.2, 0.25) is 5.91 Å². The number of benzene rings is 1. The van der Waals surface area contributed by atoms with E-state index >= 15 is 0 Å². The van der Waals surface area contributed by atoms with E-state index in [1.165, 1.54) is 29.1 Å². The zero-order valence-electron chi connectivity index (χ0n) is 13.5. The van der Waals surface area contributed by atoms with Crippen LogP contribution in [0.5, 0.6) is 0 Å². The van der Waals surface area contributed by atoms with Crippen LogP contribution in [0.2, 0.25) is 0 Å². The van der Waals surface area contributed by atoms with Gasteiger partial charge in [-0.05, 0) is 25.5 Å². The molecule has 0 saturated heterocycles. The summed E-state index contributed by atoms with van der Waals surface area (Å²) >= 11 is 0. The Morgan fingerprint density at radius 2 is 2.17 bits per heavy atom. The molecular weight excluding hydrogens is 297 g/mol. The third kappa shape index (κ3) is 4.61. The van der Waals surface area contributed by atoms with Crippen molar-refractivity contribution in [1.29, 1.82) is 0 Å². The van der Waals surface area contributed by atoms with Crippen molar-refractivity contribution in [2.75, 3.05) is 0 Å². The molecule has 0 spiro atoms. The number of hydrogen-bond acceptors (Lipinski definition) is 3. The molecule has 2 aromatic rings. The number of carbonyl (C=O) groups is 1. The average Bonchev–Trinajstić information content (AvgIpc) is 2.50. The van der Waals surface area contributed by atoms with Crippen LogP contribution < -0.4 is 10.9 Å². The van der Waals surface area contributed by atoms with E-state index in [0.29, 0.717) is 10.9 Å². The minimum absolute atomic E-state index is 0.0762. The Bertz CT molecular complexity index is 742. The van der Waals surface area contributed by atoms with Crippen molar-refractivity contribution in [3.63, 3.8) is 0 Å². The SMILES string of the molecule is CCCCCC(C)NC(=O)Cn1cnc2cc(F)ccc2c1=O. The van der Waals surface area contributed by atoms with Crippen molar-refractivity contribution in [1.82, 2.24) is 14.9 Å². The summed E-state index contributed by atoms with van der Waals surface area (Å²) in [6, 6.07) is 3.89. The van der Waals surface area contributed by atoms with Crippen LogP contribution in [0.3, 0.4) is 0 Å². The number of nitrogens with zero attached hydrogens (tertiary/aromatic N) is 2. The maximum absolute atomic E-state index is 13.1. The number of nitrogens with one attached hydrogen (secondary N) is 1. The Morgan fingerprint density at radius 3 is 2.91 bits per heavy atom. The van der Waals surface area contributed by atoms with Crippen molar-refractivity contribution >= 4 is 16.8 Å². The lowest BCUT2D eigenvalue weighted by molar-refractivity contribution is -0.122. The fraction of sp³-hybridized carbons (Fsp3) is 0.471. The molecule has 1 heterocycles. The van der Waals surface area contributed by atoms with E-state index in [9.17, 15) is 14.0 Å². The van der Waals surface area contributed by atoms with Gasteiger partial charge in [-0.3, -0.25) is 14.2 Å². The molecule has 1 N–H and O–H groups in total. The Balaban J connectivity index is 2.04. The van der Waals surface area contributed by atoms with Gasteiger partial charge in [0.15, 0.2) is 0 Å². The van der Waals surface area contributed by atoms with E-state index in [1.54, 1.807) is 0 Å². The molecule has 1 aromatic carbocycles. The summed E-state index contributed by atoms with van der Waals surface area (Å²) in [6.45, 7) is 4.00. The Morgan fingerprint density at radius 1 is 1.39 bits per heavy atom. The van der Waals surface area contributed by atoms with Gasteiger partial charge in [0, 0.05) is 12.1 Å². The molecule has 5 nitrogen and oxygen atoms in total. The van der Waals surface area contributed by atoms with Gasteiger partial charge in [0.1, 0.15) is 12.4 Å². The summed E-state index contributed by atoms with van der Waals surface area (Å²) in [5.74, 6) is -0.667. The molecule has 124 valence electrons. The molecule has 23 heavy (non-hydrogen) atoms. The van der Waals surface area contributed by atoms with Crippen LogP contribution in [-0.4, -0.2) is 21.5 Å². The lowest BCUT2D eigenvalue weighted by Gasteiger charge is -2.14. The number of hydrogen-bond donors (Lipinski definition) is 1. The Labute approximate surface area is 134 Å². The molecule has 0 saturated carbocycles. The first-order valence-electron chi connectivity index (χ1n) is 7.95. The van der Waals surface area contributed by atoms with E-state index < -0.39 is 5.82 Å². The normalized spacial score (nSPS) is 12.3. The summed E-state index contributed by atoms with van der Waals surface area (Å²) < 4.78 is 14.4. The molecule has 0 fully saturated rings. The first-order valence-corrected chi connectivity index (χ1v) is 7.95. The van der Waals surface area contributed by atoms with Gasteiger partial charge in [-0.1, -0.05) is 26.2 Å². The summed E-state index contributed by atoms with van der Waals surface area (Å²) in [5.41, 5.74) is -0.0524. The highest BCUT2D eigenvalue weighted by atomic mass is 19.1. The molecule has 0 aliphatic heterocycles. The van der Waals surface area contributed by atoms with E-state index in [1.807, 2.05) is 6.92 Å². The highest BCUT2D eigenvalue weighted by Crippen LogP contribution is 2.08. The average molecular weight is 319 g/mol. The molecule has 1 aromatic heterocycles. The van der Waals surface area contributed by atoms with Crippen LogP contribution in [0, 0.1) is 5.82 Å². The van der Waals surface area contributed by atoms with E-state index in [2.05, 4.69) is 17.2 Å². The Hall–Kier alpha value is -2.24. The van der Waals surface area contributed by atoms with Gasteiger partial charge in [-0.15, -0.1) is 0 Å². The van der Waals surface area contributed by atoms with Crippen LogP contribution in [-0.2, 0) is 11.3 Å². The van der Waals surface area contributed by atoms with E-state index in [4.69, 9.17) is 0 Å². The molecular formula is C17H22FN3O2. The molecule has 0 aliphatic rings. The predicted molar refractivity (Wildman–Crippen MR) is 87.7 cm³/mol. The van der Waals surface area contributed by atoms with Crippen molar-refractivity contribution in [3.05, 3.63) is 40.7 Å². The minimum Gasteiger partial charge on any atom is -0.352 e. The number of amides is 1. The number of aromatic nitrogens is 2. The van der Waals surface area contributed by atoms with E-state index in [0.717, 1.165) is 25.7 Å². The Kier molecular flexibility index (Phi) is 5.84. The number of carbonyl (C=O) groups excluding carboxylic acids is 1. The van der Waals surface area contributed by atoms with Crippen molar-refractivity contribution in [2.24, 2.45) is 0 Å². The second kappa shape index (κ2) is 7.85. The number of unbranched alkanes of at least 4 members (excludes halogenated alkanes) is 2. The molecule has 6 heteroatoms.